The predicted octanol–water partition coefficient (Wildman–Crippen LogP) is 0.368. The molecular weight excluding hydrogens is 212 g/mol. The average molecular weight is 226 g/mol. The van der Waals surface area contributed by atoms with Crippen LogP contribution >= 0.6 is 0 Å². The van der Waals surface area contributed by atoms with Gasteiger partial charge >= 0.3 is 0 Å². The van der Waals surface area contributed by atoms with Crippen molar-refractivity contribution in [3.63, 3.8) is 0 Å². The second kappa shape index (κ2) is 3.30. The van der Waals surface area contributed by atoms with Gasteiger partial charge in [0.1, 0.15) is 0 Å². The van der Waals surface area contributed by atoms with E-state index < -0.39 is 10.0 Å². The zero-order chi connectivity index (χ0) is 11.1. The lowest BCUT2D eigenvalue weighted by atomic mass is 10.1. The van der Waals surface area contributed by atoms with Crippen LogP contribution in [0, 0.1) is 0 Å². The van der Waals surface area contributed by atoms with Crippen LogP contribution in [0.25, 0.3) is 0 Å². The molecule has 0 atom stereocenters. The summed E-state index contributed by atoms with van der Waals surface area (Å²) in [6.45, 7) is 0. The summed E-state index contributed by atoms with van der Waals surface area (Å²) < 4.78 is 22.0. The molecule has 1 aliphatic carbocycles. The minimum Gasteiger partial charge on any atom is -0.325 e. The molecule has 0 aromatic heterocycles. The maximum Gasteiger partial charge on any atom is 0.238 e. The maximum absolute atomic E-state index is 11.0. The minimum absolute atomic E-state index is 0.0525. The van der Waals surface area contributed by atoms with E-state index in [0.29, 0.717) is 0 Å². The van der Waals surface area contributed by atoms with Crippen molar-refractivity contribution >= 4 is 10.0 Å². The molecule has 2 rings (SSSR count). The van der Waals surface area contributed by atoms with Gasteiger partial charge in [0.2, 0.25) is 10.0 Å². The first-order valence-electron chi connectivity index (χ1n) is 4.80. The fourth-order valence-electron chi connectivity index (χ4n) is 1.54. The highest BCUT2D eigenvalue weighted by molar-refractivity contribution is 7.89. The highest BCUT2D eigenvalue weighted by atomic mass is 32.2. The molecule has 0 unspecified atom stereocenters. The fourth-order valence-corrected chi connectivity index (χ4v) is 2.06. The second-order valence-electron chi connectivity index (χ2n) is 4.23. The lowest BCUT2D eigenvalue weighted by Crippen LogP contribution is -2.24. The standard InChI is InChI=1S/C10H14N2O2S/c11-10(5-6-10)7-8-1-3-9(4-2-8)15(12,13)14/h1-4H,5-7,11H2,(H2,12,13,14). The molecule has 0 saturated heterocycles. The van der Waals surface area contributed by atoms with Crippen LogP contribution in [0.1, 0.15) is 18.4 Å². The summed E-state index contributed by atoms with van der Waals surface area (Å²) in [6.07, 6.45) is 2.89. The van der Waals surface area contributed by atoms with Crippen molar-refractivity contribution in [2.45, 2.75) is 29.7 Å². The number of benzene rings is 1. The smallest absolute Gasteiger partial charge is 0.238 e. The van der Waals surface area contributed by atoms with Crippen LogP contribution in [0.4, 0.5) is 0 Å². The monoisotopic (exact) mass is 226 g/mol. The van der Waals surface area contributed by atoms with Crippen molar-refractivity contribution in [1.29, 1.82) is 0 Å². The van der Waals surface area contributed by atoms with Crippen LogP contribution in [-0.2, 0) is 16.4 Å². The summed E-state index contributed by atoms with van der Waals surface area (Å²) >= 11 is 0. The van der Waals surface area contributed by atoms with Gasteiger partial charge in [-0.2, -0.15) is 0 Å². The van der Waals surface area contributed by atoms with Crippen LogP contribution in [0.3, 0.4) is 0 Å². The van der Waals surface area contributed by atoms with Crippen molar-refractivity contribution in [2.24, 2.45) is 10.9 Å². The SMILES string of the molecule is NC1(Cc2ccc(S(N)(=O)=O)cc2)CC1. The Labute approximate surface area is 89.3 Å². The third kappa shape index (κ3) is 2.56. The molecule has 4 nitrogen and oxygen atoms in total. The molecular formula is C10H14N2O2S. The summed E-state index contributed by atoms with van der Waals surface area (Å²) in [5.41, 5.74) is 6.96. The predicted molar refractivity (Wildman–Crippen MR) is 57.7 cm³/mol. The van der Waals surface area contributed by atoms with Crippen molar-refractivity contribution in [3.8, 4) is 0 Å². The van der Waals surface area contributed by atoms with Gasteiger partial charge in [0.25, 0.3) is 0 Å². The normalized spacial score (nSPS) is 18.8. The molecule has 1 saturated carbocycles. The second-order valence-corrected chi connectivity index (χ2v) is 5.79. The Balaban J connectivity index is 2.17. The zero-order valence-electron chi connectivity index (χ0n) is 8.31. The number of rotatable bonds is 3. The Hall–Kier alpha value is -0.910. The van der Waals surface area contributed by atoms with E-state index in [2.05, 4.69) is 0 Å². The van der Waals surface area contributed by atoms with E-state index in [4.69, 9.17) is 10.9 Å². The number of sulfonamides is 1. The number of hydrogen-bond acceptors (Lipinski definition) is 3. The quantitative estimate of drug-likeness (QED) is 0.780. The Morgan fingerprint density at radius 1 is 1.20 bits per heavy atom. The van der Waals surface area contributed by atoms with Gasteiger partial charge in [-0.25, -0.2) is 13.6 Å². The lowest BCUT2D eigenvalue weighted by Gasteiger charge is -2.08. The van der Waals surface area contributed by atoms with Crippen molar-refractivity contribution < 1.29 is 8.42 Å². The van der Waals surface area contributed by atoms with E-state index >= 15 is 0 Å². The van der Waals surface area contributed by atoms with E-state index in [9.17, 15) is 8.42 Å². The summed E-state index contributed by atoms with van der Waals surface area (Å²) in [6, 6.07) is 6.59. The third-order valence-electron chi connectivity index (χ3n) is 2.70. The summed E-state index contributed by atoms with van der Waals surface area (Å²) in [4.78, 5) is 0.146. The van der Waals surface area contributed by atoms with Crippen molar-refractivity contribution in [1.82, 2.24) is 0 Å². The van der Waals surface area contributed by atoms with Crippen LogP contribution in [0.2, 0.25) is 0 Å². The van der Waals surface area contributed by atoms with E-state index in [1.807, 2.05) is 0 Å². The molecule has 82 valence electrons. The van der Waals surface area contributed by atoms with Gasteiger partial charge in [-0.3, -0.25) is 0 Å². The largest absolute Gasteiger partial charge is 0.325 e. The van der Waals surface area contributed by atoms with E-state index in [1.165, 1.54) is 12.1 Å². The Morgan fingerprint density at radius 3 is 2.13 bits per heavy atom. The first-order chi connectivity index (χ1) is 6.89. The van der Waals surface area contributed by atoms with Gasteiger partial charge in [-0.1, -0.05) is 12.1 Å². The van der Waals surface area contributed by atoms with Crippen LogP contribution in [-0.4, -0.2) is 14.0 Å². The molecule has 1 aromatic carbocycles. The zero-order valence-corrected chi connectivity index (χ0v) is 9.13. The van der Waals surface area contributed by atoms with E-state index in [-0.39, 0.29) is 10.4 Å². The molecule has 0 amide bonds. The molecule has 5 heteroatoms. The molecule has 1 aromatic rings. The molecule has 0 spiro atoms. The number of hydrogen-bond donors (Lipinski definition) is 2. The molecule has 1 aliphatic rings. The summed E-state index contributed by atoms with van der Waals surface area (Å²) in [5, 5.41) is 4.99. The number of primary sulfonamides is 1. The van der Waals surface area contributed by atoms with Crippen LogP contribution < -0.4 is 10.9 Å². The molecule has 1 fully saturated rings. The van der Waals surface area contributed by atoms with Gasteiger partial charge in [-0.05, 0) is 37.0 Å². The van der Waals surface area contributed by atoms with Gasteiger partial charge in [0.15, 0.2) is 0 Å². The van der Waals surface area contributed by atoms with Gasteiger partial charge in [0, 0.05) is 5.54 Å². The van der Waals surface area contributed by atoms with Crippen LogP contribution in [0.5, 0.6) is 0 Å². The highest BCUT2D eigenvalue weighted by Crippen LogP contribution is 2.35. The first-order valence-corrected chi connectivity index (χ1v) is 6.34. The first kappa shape index (κ1) is 10.6. The lowest BCUT2D eigenvalue weighted by molar-refractivity contribution is 0.597. The third-order valence-corrected chi connectivity index (χ3v) is 3.63. The van der Waals surface area contributed by atoms with Crippen molar-refractivity contribution in [3.05, 3.63) is 29.8 Å². The molecule has 0 bridgehead atoms. The minimum atomic E-state index is -3.58. The topological polar surface area (TPSA) is 86.2 Å². The molecule has 15 heavy (non-hydrogen) atoms. The Morgan fingerprint density at radius 2 is 1.73 bits per heavy atom. The van der Waals surface area contributed by atoms with Gasteiger partial charge < -0.3 is 5.73 Å². The Bertz CT molecular complexity index is 461. The maximum atomic E-state index is 11.0. The van der Waals surface area contributed by atoms with Crippen LogP contribution in [0.15, 0.2) is 29.2 Å². The fraction of sp³-hybridized carbons (Fsp3) is 0.400. The van der Waals surface area contributed by atoms with Gasteiger partial charge in [0.05, 0.1) is 4.90 Å². The molecule has 4 N–H and O–H groups in total. The summed E-state index contributed by atoms with van der Waals surface area (Å²) in [7, 11) is -3.58. The Kier molecular flexibility index (Phi) is 2.33. The average Bonchev–Trinajstić information content (AvgIpc) is 2.82. The summed E-state index contributed by atoms with van der Waals surface area (Å²) in [5.74, 6) is 0. The molecule has 0 heterocycles. The molecule has 0 radical (unpaired) electrons. The highest BCUT2D eigenvalue weighted by Gasteiger charge is 2.37. The van der Waals surface area contributed by atoms with Gasteiger partial charge in [-0.15, -0.1) is 0 Å². The number of nitrogens with two attached hydrogens (primary N) is 2. The van der Waals surface area contributed by atoms with Crippen molar-refractivity contribution in [2.75, 3.05) is 0 Å². The van der Waals surface area contributed by atoms with E-state index in [1.54, 1.807) is 12.1 Å². The van der Waals surface area contributed by atoms with E-state index in [0.717, 1.165) is 24.8 Å². The molecule has 0 aliphatic heterocycles.